The van der Waals surface area contributed by atoms with E-state index in [1.165, 1.54) is 51.6 Å². The highest BCUT2D eigenvalue weighted by Gasteiger charge is 2.61. The molecule has 3 fully saturated rings. The van der Waals surface area contributed by atoms with Crippen LogP contribution in [0.25, 0.3) is 0 Å². The van der Waals surface area contributed by atoms with E-state index in [0.717, 1.165) is 12.5 Å². The molecule has 2 saturated carbocycles. The first kappa shape index (κ1) is 15.8. The normalized spacial score (nSPS) is 40.6. The zero-order chi connectivity index (χ0) is 15.1. The number of rotatable bonds is 5. The fourth-order valence-electron chi connectivity index (χ4n) is 5.26. The smallest absolute Gasteiger partial charge is 0.126 e. The predicted molar refractivity (Wildman–Crippen MR) is 84.4 cm³/mol. The summed E-state index contributed by atoms with van der Waals surface area (Å²) >= 11 is 0. The Bertz CT molecular complexity index is 364. The van der Waals surface area contributed by atoms with Gasteiger partial charge in [0.15, 0.2) is 0 Å². The number of nitrogens with one attached hydrogen (secondary N) is 1. The maximum Gasteiger partial charge on any atom is 0.126 e. The molecule has 122 valence electrons. The molecule has 3 nitrogen and oxygen atoms in total. The lowest BCUT2D eigenvalue weighted by Gasteiger charge is -2.39. The van der Waals surface area contributed by atoms with Crippen molar-refractivity contribution in [3.05, 3.63) is 0 Å². The van der Waals surface area contributed by atoms with Crippen LogP contribution < -0.4 is 4.90 Å². The van der Waals surface area contributed by atoms with Crippen LogP contribution in [0.15, 0.2) is 0 Å². The molecule has 1 aliphatic heterocycles. The molecule has 3 heteroatoms. The van der Waals surface area contributed by atoms with Crippen molar-refractivity contribution in [2.24, 2.45) is 16.7 Å². The van der Waals surface area contributed by atoms with E-state index in [0.29, 0.717) is 23.5 Å². The van der Waals surface area contributed by atoms with Crippen LogP contribution in [0.4, 0.5) is 0 Å². The summed E-state index contributed by atoms with van der Waals surface area (Å²) in [5.74, 6) is 0.817. The number of hydrogen-bond acceptors (Lipinski definition) is 2. The van der Waals surface area contributed by atoms with Gasteiger partial charge in [-0.1, -0.05) is 20.8 Å². The van der Waals surface area contributed by atoms with Gasteiger partial charge in [-0.3, -0.25) is 0 Å². The van der Waals surface area contributed by atoms with Crippen LogP contribution in [-0.4, -0.2) is 43.6 Å². The molecule has 0 radical (unpaired) electrons. The first-order valence-corrected chi connectivity index (χ1v) is 9.07. The van der Waals surface area contributed by atoms with Gasteiger partial charge in [-0.25, -0.2) is 0 Å². The molecule has 0 aromatic carbocycles. The molecule has 1 saturated heterocycles. The Morgan fingerprint density at radius 3 is 2.48 bits per heavy atom. The minimum Gasteiger partial charge on any atom is -0.385 e. The van der Waals surface area contributed by atoms with Crippen LogP contribution in [0.5, 0.6) is 0 Å². The van der Waals surface area contributed by atoms with E-state index >= 15 is 0 Å². The van der Waals surface area contributed by atoms with E-state index < -0.39 is 0 Å². The zero-order valence-electron chi connectivity index (χ0n) is 14.2. The highest BCUT2D eigenvalue weighted by Crippen LogP contribution is 2.66. The fraction of sp³-hybridized carbons (Fsp3) is 1.00. The van der Waals surface area contributed by atoms with Crippen molar-refractivity contribution >= 4 is 0 Å². The molecule has 2 bridgehead atoms. The number of aliphatic hydroxyl groups excluding tert-OH is 1. The standard InChI is InChI=1S/C18H33NO2/c1-17(2)14-7-8-18(17,3)16(11-14)21-13-15(20)12-19-9-5-4-6-10-19/h14-16,20H,4-13H2,1-3H3/p+1/t14-,15-,16+,18-/m1/s1. The van der Waals surface area contributed by atoms with Gasteiger partial charge in [0, 0.05) is 0 Å². The number of aliphatic hydroxyl groups is 1. The average Bonchev–Trinajstić information content (AvgIpc) is 2.79. The molecule has 0 unspecified atom stereocenters. The van der Waals surface area contributed by atoms with Crippen LogP contribution in [0.1, 0.15) is 59.3 Å². The summed E-state index contributed by atoms with van der Waals surface area (Å²) in [4.78, 5) is 1.57. The van der Waals surface area contributed by atoms with Crippen molar-refractivity contribution in [3.63, 3.8) is 0 Å². The molecule has 0 amide bonds. The third-order valence-corrected chi connectivity index (χ3v) is 7.29. The molecule has 1 heterocycles. The third-order valence-electron chi connectivity index (χ3n) is 7.29. The van der Waals surface area contributed by atoms with Crippen LogP contribution in [0.2, 0.25) is 0 Å². The number of piperidine rings is 1. The van der Waals surface area contributed by atoms with Crippen LogP contribution in [0.3, 0.4) is 0 Å². The van der Waals surface area contributed by atoms with E-state index in [1.807, 2.05) is 0 Å². The summed E-state index contributed by atoms with van der Waals surface area (Å²) in [7, 11) is 0. The van der Waals surface area contributed by atoms with Crippen molar-refractivity contribution in [2.75, 3.05) is 26.2 Å². The lowest BCUT2D eigenvalue weighted by Crippen LogP contribution is -3.14. The molecule has 3 aliphatic rings. The molecule has 0 spiro atoms. The maximum absolute atomic E-state index is 10.3. The minimum atomic E-state index is -0.288. The van der Waals surface area contributed by atoms with Gasteiger partial charge in [0.2, 0.25) is 0 Å². The Labute approximate surface area is 130 Å². The second-order valence-corrected chi connectivity index (χ2v) is 8.60. The van der Waals surface area contributed by atoms with Crippen molar-refractivity contribution < 1.29 is 14.7 Å². The Kier molecular flexibility index (Phi) is 4.37. The number of quaternary nitrogens is 1. The average molecular weight is 296 g/mol. The summed E-state index contributed by atoms with van der Waals surface area (Å²) in [5, 5.41) is 10.3. The summed E-state index contributed by atoms with van der Waals surface area (Å²) in [6, 6.07) is 0. The molecule has 2 N–H and O–H groups in total. The Hall–Kier alpha value is -0.120. The summed E-state index contributed by atoms with van der Waals surface area (Å²) in [6.07, 6.45) is 7.94. The molecule has 0 aromatic heterocycles. The summed E-state index contributed by atoms with van der Waals surface area (Å²) in [6.45, 7) is 11.1. The lowest BCUT2D eigenvalue weighted by molar-refractivity contribution is -0.908. The maximum atomic E-state index is 10.3. The SMILES string of the molecule is CC1(C)[C@@H]2CC[C@]1(C)[C@@H](OC[C@H](O)C[NH+]1CCCCC1)C2. The van der Waals surface area contributed by atoms with E-state index in [-0.39, 0.29) is 6.10 Å². The monoisotopic (exact) mass is 296 g/mol. The van der Waals surface area contributed by atoms with Crippen molar-refractivity contribution in [3.8, 4) is 0 Å². The predicted octanol–water partition coefficient (Wildman–Crippen LogP) is 1.65. The first-order chi connectivity index (χ1) is 9.93. The molecular weight excluding hydrogens is 262 g/mol. The van der Waals surface area contributed by atoms with Crippen molar-refractivity contribution in [1.29, 1.82) is 0 Å². The van der Waals surface area contributed by atoms with E-state index in [4.69, 9.17) is 4.74 Å². The second-order valence-electron chi connectivity index (χ2n) is 8.60. The summed E-state index contributed by atoms with van der Waals surface area (Å²) < 4.78 is 6.22. The van der Waals surface area contributed by atoms with Gasteiger partial charge in [-0.2, -0.15) is 0 Å². The van der Waals surface area contributed by atoms with Gasteiger partial charge in [0.05, 0.1) is 25.8 Å². The molecular formula is C18H34NO2+. The third kappa shape index (κ3) is 2.77. The Morgan fingerprint density at radius 2 is 1.90 bits per heavy atom. The Balaban J connectivity index is 1.47. The molecule has 0 aromatic rings. The minimum absolute atomic E-state index is 0.288. The first-order valence-electron chi connectivity index (χ1n) is 9.07. The molecule has 21 heavy (non-hydrogen) atoms. The largest absolute Gasteiger partial charge is 0.385 e. The van der Waals surface area contributed by atoms with Gasteiger partial charge >= 0.3 is 0 Å². The molecule has 4 atom stereocenters. The molecule has 2 aliphatic carbocycles. The molecule has 3 rings (SSSR count). The number of likely N-dealkylation sites (tertiary alicyclic amines) is 1. The number of ether oxygens (including phenoxy) is 1. The van der Waals surface area contributed by atoms with Gasteiger partial charge in [0.1, 0.15) is 12.6 Å². The van der Waals surface area contributed by atoms with Crippen LogP contribution >= 0.6 is 0 Å². The van der Waals surface area contributed by atoms with Gasteiger partial charge in [-0.15, -0.1) is 0 Å². The number of fused-ring (bicyclic) bond motifs is 2. The van der Waals surface area contributed by atoms with Gasteiger partial charge < -0.3 is 14.7 Å². The quantitative estimate of drug-likeness (QED) is 0.809. The van der Waals surface area contributed by atoms with Crippen molar-refractivity contribution in [1.82, 2.24) is 0 Å². The Morgan fingerprint density at radius 1 is 1.19 bits per heavy atom. The van der Waals surface area contributed by atoms with Gasteiger partial charge in [0.25, 0.3) is 0 Å². The highest BCUT2D eigenvalue weighted by atomic mass is 16.5. The second kappa shape index (κ2) is 5.82. The van der Waals surface area contributed by atoms with Crippen LogP contribution in [-0.2, 0) is 4.74 Å². The van der Waals surface area contributed by atoms with E-state index in [9.17, 15) is 5.11 Å². The van der Waals surface area contributed by atoms with Crippen LogP contribution in [0, 0.1) is 16.7 Å². The van der Waals surface area contributed by atoms with E-state index in [2.05, 4.69) is 20.8 Å². The van der Waals surface area contributed by atoms with Gasteiger partial charge in [-0.05, 0) is 55.3 Å². The highest BCUT2D eigenvalue weighted by molar-refractivity contribution is 5.11. The van der Waals surface area contributed by atoms with E-state index in [1.54, 1.807) is 4.90 Å². The van der Waals surface area contributed by atoms with Crippen molar-refractivity contribution in [2.45, 2.75) is 71.5 Å². The zero-order valence-corrected chi connectivity index (χ0v) is 14.2. The number of hydrogen-bond donors (Lipinski definition) is 2. The topological polar surface area (TPSA) is 33.9 Å². The fourth-order valence-corrected chi connectivity index (χ4v) is 5.26. The lowest BCUT2D eigenvalue weighted by atomic mass is 9.70. The summed E-state index contributed by atoms with van der Waals surface area (Å²) in [5.41, 5.74) is 0.718.